The van der Waals surface area contributed by atoms with Crippen LogP contribution in [0.3, 0.4) is 0 Å². The van der Waals surface area contributed by atoms with Gasteiger partial charge >= 0.3 is 0 Å². The molecular formula is C29H30ClNO6. The molecule has 1 amide bonds. The number of methoxy groups -OCH3 is 4. The van der Waals surface area contributed by atoms with Gasteiger partial charge in [-0.1, -0.05) is 18.2 Å². The summed E-state index contributed by atoms with van der Waals surface area (Å²) in [4.78, 5) is 28.3. The maximum absolute atomic E-state index is 13.6. The van der Waals surface area contributed by atoms with Crippen molar-refractivity contribution < 1.29 is 23.7 Å². The number of aryl methyl sites for hydroxylation is 1. The van der Waals surface area contributed by atoms with E-state index in [4.69, 9.17) is 30.5 Å². The monoisotopic (exact) mass is 523 g/mol. The van der Waals surface area contributed by atoms with Crippen LogP contribution in [-0.4, -0.2) is 46.3 Å². The summed E-state index contributed by atoms with van der Waals surface area (Å²) in [6.45, 7) is 0. The number of hydrogen-bond donors (Lipinski definition) is 0. The van der Waals surface area contributed by atoms with Crippen LogP contribution in [0.1, 0.15) is 39.5 Å². The third kappa shape index (κ3) is 4.83. The zero-order valence-corrected chi connectivity index (χ0v) is 22.3. The van der Waals surface area contributed by atoms with Gasteiger partial charge < -0.3 is 23.8 Å². The van der Waals surface area contributed by atoms with Gasteiger partial charge in [0.2, 0.25) is 11.2 Å². The highest BCUT2D eigenvalue weighted by Gasteiger charge is 2.32. The molecule has 0 bridgehead atoms. The van der Waals surface area contributed by atoms with Gasteiger partial charge in [-0.05, 0) is 65.4 Å². The Morgan fingerprint density at radius 3 is 2.19 bits per heavy atom. The number of rotatable bonds is 7. The normalized spacial score (nSPS) is 14.1. The number of hydrogen-bond acceptors (Lipinski definition) is 6. The Hall–Kier alpha value is -3.71. The molecule has 7 nitrogen and oxygen atoms in total. The fourth-order valence-electron chi connectivity index (χ4n) is 4.93. The van der Waals surface area contributed by atoms with E-state index in [0.717, 1.165) is 22.3 Å². The molecule has 4 rings (SSSR count). The van der Waals surface area contributed by atoms with E-state index in [9.17, 15) is 9.59 Å². The predicted octanol–water partition coefficient (Wildman–Crippen LogP) is 5.25. The lowest BCUT2D eigenvalue weighted by atomic mass is 9.95. The molecule has 0 heterocycles. The Labute approximate surface area is 221 Å². The quantitative estimate of drug-likeness (QED) is 0.394. The summed E-state index contributed by atoms with van der Waals surface area (Å²) in [5.74, 6) is 1.93. The van der Waals surface area contributed by atoms with Gasteiger partial charge in [-0.2, -0.15) is 0 Å². The second-order valence-electron chi connectivity index (χ2n) is 8.76. The molecule has 1 aliphatic carbocycles. The minimum Gasteiger partial charge on any atom is -0.493 e. The van der Waals surface area contributed by atoms with E-state index in [-0.39, 0.29) is 17.1 Å². The average Bonchev–Trinajstić information content (AvgIpc) is 3.18. The van der Waals surface area contributed by atoms with Gasteiger partial charge in [-0.3, -0.25) is 9.59 Å². The summed E-state index contributed by atoms with van der Waals surface area (Å²) >= 11 is 5.92. The molecule has 0 saturated heterocycles. The SMILES string of the molecule is COc1cc2c(c(OC)c1OC)-c1ccc(OC)c(=O)cc1C(N(C)C(=O)c1ccc(CCl)cc1)CC2. The predicted molar refractivity (Wildman–Crippen MR) is 144 cm³/mol. The van der Waals surface area contributed by atoms with Gasteiger partial charge in [-0.15, -0.1) is 11.6 Å². The smallest absolute Gasteiger partial charge is 0.254 e. The van der Waals surface area contributed by atoms with E-state index in [2.05, 4.69) is 0 Å². The summed E-state index contributed by atoms with van der Waals surface area (Å²) in [5, 5.41) is 0. The third-order valence-electron chi connectivity index (χ3n) is 6.83. The van der Waals surface area contributed by atoms with Crippen molar-refractivity contribution in [1.29, 1.82) is 0 Å². The molecule has 37 heavy (non-hydrogen) atoms. The first-order chi connectivity index (χ1) is 17.9. The molecule has 0 N–H and O–H groups in total. The fraction of sp³-hybridized carbons (Fsp3) is 0.310. The van der Waals surface area contributed by atoms with Gasteiger partial charge in [0.05, 0.1) is 34.5 Å². The maximum atomic E-state index is 13.6. The second-order valence-corrected chi connectivity index (χ2v) is 9.03. The van der Waals surface area contributed by atoms with Crippen LogP contribution in [0.2, 0.25) is 0 Å². The lowest BCUT2D eigenvalue weighted by molar-refractivity contribution is 0.0723. The van der Waals surface area contributed by atoms with Gasteiger partial charge in [0.25, 0.3) is 5.91 Å². The van der Waals surface area contributed by atoms with Crippen molar-refractivity contribution in [2.75, 3.05) is 35.5 Å². The second kappa shape index (κ2) is 11.1. The van der Waals surface area contributed by atoms with Crippen molar-refractivity contribution in [3.63, 3.8) is 0 Å². The van der Waals surface area contributed by atoms with E-state index >= 15 is 0 Å². The van der Waals surface area contributed by atoms with Crippen molar-refractivity contribution in [2.24, 2.45) is 0 Å². The van der Waals surface area contributed by atoms with Gasteiger partial charge in [0, 0.05) is 24.1 Å². The Bertz CT molecular complexity index is 1370. The Morgan fingerprint density at radius 2 is 1.59 bits per heavy atom. The van der Waals surface area contributed by atoms with Crippen LogP contribution in [0.15, 0.2) is 53.3 Å². The molecular weight excluding hydrogens is 494 g/mol. The van der Waals surface area contributed by atoms with Gasteiger partial charge in [0.15, 0.2) is 17.2 Å². The van der Waals surface area contributed by atoms with Crippen molar-refractivity contribution in [3.8, 4) is 34.1 Å². The van der Waals surface area contributed by atoms with E-state index < -0.39 is 6.04 Å². The number of benzene rings is 2. The Balaban J connectivity index is 1.94. The molecule has 194 valence electrons. The first-order valence-corrected chi connectivity index (χ1v) is 12.4. The van der Waals surface area contributed by atoms with Crippen LogP contribution >= 0.6 is 11.6 Å². The number of halogens is 1. The summed E-state index contributed by atoms with van der Waals surface area (Å²) in [5.41, 5.74) is 4.41. The number of alkyl halides is 1. The average molecular weight is 524 g/mol. The molecule has 3 aromatic rings. The van der Waals surface area contributed by atoms with E-state index in [1.807, 2.05) is 24.3 Å². The number of nitrogens with zero attached hydrogens (tertiary/aromatic N) is 1. The summed E-state index contributed by atoms with van der Waals surface area (Å²) in [6.07, 6.45) is 1.19. The third-order valence-corrected chi connectivity index (χ3v) is 7.14. The molecule has 0 fully saturated rings. The summed E-state index contributed by atoms with van der Waals surface area (Å²) < 4.78 is 22.4. The maximum Gasteiger partial charge on any atom is 0.254 e. The Kier molecular flexibility index (Phi) is 7.93. The van der Waals surface area contributed by atoms with Crippen LogP contribution in [0.25, 0.3) is 11.1 Å². The van der Waals surface area contributed by atoms with Crippen LogP contribution in [0.4, 0.5) is 0 Å². The molecule has 1 unspecified atom stereocenters. The van der Waals surface area contributed by atoms with E-state index in [0.29, 0.717) is 47.1 Å². The number of fused-ring (bicyclic) bond motifs is 3. The molecule has 8 heteroatoms. The van der Waals surface area contributed by atoms with Crippen LogP contribution in [-0.2, 0) is 12.3 Å². The van der Waals surface area contributed by atoms with Crippen LogP contribution in [0.5, 0.6) is 23.0 Å². The number of carbonyl (C=O) groups is 1. The molecule has 1 atom stereocenters. The van der Waals surface area contributed by atoms with E-state index in [1.165, 1.54) is 7.11 Å². The molecule has 3 aromatic carbocycles. The number of amides is 1. The molecule has 0 spiro atoms. The zero-order valence-electron chi connectivity index (χ0n) is 21.6. The van der Waals surface area contributed by atoms with E-state index in [1.54, 1.807) is 57.5 Å². The van der Waals surface area contributed by atoms with Gasteiger partial charge in [-0.25, -0.2) is 0 Å². The molecule has 1 aliphatic rings. The first kappa shape index (κ1) is 26.4. The lowest BCUT2D eigenvalue weighted by Crippen LogP contribution is -2.31. The number of ether oxygens (including phenoxy) is 4. The number of carbonyl (C=O) groups excluding carboxylic acids is 1. The zero-order chi connectivity index (χ0) is 26.7. The largest absolute Gasteiger partial charge is 0.493 e. The van der Waals surface area contributed by atoms with Crippen molar-refractivity contribution in [3.05, 3.63) is 81.0 Å². The topological polar surface area (TPSA) is 74.3 Å². The summed E-state index contributed by atoms with van der Waals surface area (Å²) in [7, 11) is 7.92. The standard InChI is InChI=1S/C29H30ClNO6/c1-31(29(33)18-8-6-17(16-30)7-9-18)22-12-10-19-14-25(35-3)27(36-4)28(37-5)26(19)20-11-13-24(34-2)23(32)15-21(20)22/h6-9,11,13-15,22H,10,12,16H2,1-5H3. The molecule has 0 aromatic heterocycles. The minimum atomic E-state index is -0.394. The highest BCUT2D eigenvalue weighted by Crippen LogP contribution is 2.50. The highest BCUT2D eigenvalue weighted by molar-refractivity contribution is 6.17. The first-order valence-electron chi connectivity index (χ1n) is 11.8. The van der Waals surface area contributed by atoms with Crippen molar-refractivity contribution in [2.45, 2.75) is 24.8 Å². The highest BCUT2D eigenvalue weighted by atomic mass is 35.5. The lowest BCUT2D eigenvalue weighted by Gasteiger charge is -2.28. The van der Waals surface area contributed by atoms with Crippen LogP contribution < -0.4 is 24.4 Å². The van der Waals surface area contributed by atoms with Gasteiger partial charge in [0.1, 0.15) is 0 Å². The van der Waals surface area contributed by atoms with Crippen molar-refractivity contribution >= 4 is 17.5 Å². The minimum absolute atomic E-state index is 0.156. The van der Waals surface area contributed by atoms with Crippen molar-refractivity contribution in [1.82, 2.24) is 4.90 Å². The molecule has 0 saturated carbocycles. The molecule has 0 aliphatic heterocycles. The van der Waals surface area contributed by atoms with Crippen LogP contribution in [0, 0.1) is 0 Å². The molecule has 0 radical (unpaired) electrons. The fourth-order valence-corrected chi connectivity index (χ4v) is 5.11. The summed E-state index contributed by atoms with van der Waals surface area (Å²) in [6, 6.07) is 13.8. The Morgan fingerprint density at radius 1 is 0.919 bits per heavy atom.